The maximum atomic E-state index is 9.29. The third kappa shape index (κ3) is 8.43. The van der Waals surface area contributed by atoms with Crippen LogP contribution in [-0.2, 0) is 13.2 Å². The van der Waals surface area contributed by atoms with Crippen LogP contribution in [0.1, 0.15) is 25.0 Å². The molecule has 0 amide bonds. The molecule has 2 rings (SSSR count). The van der Waals surface area contributed by atoms with E-state index in [1.807, 2.05) is 31.2 Å². The summed E-state index contributed by atoms with van der Waals surface area (Å²) in [6.07, 6.45) is 1.32. The molecule has 0 saturated heterocycles. The molecule has 1 atom stereocenters. The van der Waals surface area contributed by atoms with E-state index < -0.39 is 0 Å². The average molecular weight is 424 g/mol. The topological polar surface area (TPSA) is 63.6 Å². The maximum Gasteiger partial charge on any atom is 0.161 e. The molecule has 146 valence electrons. The average Bonchev–Trinajstić information content (AvgIpc) is 2.55. The SMILES string of the molecule is CCOc1cc(CNCC(C)O)ccc1OCc1ccc(Cl)nc1.Cl.Cl. The van der Waals surface area contributed by atoms with E-state index in [0.29, 0.717) is 43.0 Å². The van der Waals surface area contributed by atoms with Gasteiger partial charge in [-0.2, -0.15) is 0 Å². The fraction of sp³-hybridized carbons (Fsp3) is 0.389. The number of ether oxygens (including phenoxy) is 2. The van der Waals surface area contributed by atoms with E-state index in [1.165, 1.54) is 0 Å². The van der Waals surface area contributed by atoms with Gasteiger partial charge >= 0.3 is 0 Å². The van der Waals surface area contributed by atoms with Crippen molar-refractivity contribution in [3.05, 3.63) is 52.8 Å². The predicted octanol–water partition coefficient (Wildman–Crippen LogP) is 4.03. The van der Waals surface area contributed by atoms with Crippen molar-refractivity contribution < 1.29 is 14.6 Å². The van der Waals surface area contributed by atoms with Crippen LogP contribution in [0, 0.1) is 0 Å². The molecule has 1 aromatic heterocycles. The molecule has 2 N–H and O–H groups in total. The van der Waals surface area contributed by atoms with Crippen LogP contribution in [0.2, 0.25) is 5.15 Å². The molecule has 0 aliphatic carbocycles. The van der Waals surface area contributed by atoms with Crippen molar-refractivity contribution in [2.24, 2.45) is 0 Å². The van der Waals surface area contributed by atoms with Gasteiger partial charge in [0.15, 0.2) is 11.5 Å². The second-order valence-corrected chi connectivity index (χ2v) is 5.86. The number of aliphatic hydroxyl groups excluding tert-OH is 1. The summed E-state index contributed by atoms with van der Waals surface area (Å²) in [5, 5.41) is 12.9. The number of hydrogen-bond acceptors (Lipinski definition) is 5. The van der Waals surface area contributed by atoms with E-state index in [0.717, 1.165) is 11.1 Å². The van der Waals surface area contributed by atoms with Gasteiger partial charge in [0.2, 0.25) is 0 Å². The van der Waals surface area contributed by atoms with Gasteiger partial charge in [0.05, 0.1) is 12.7 Å². The number of aromatic nitrogens is 1. The maximum absolute atomic E-state index is 9.29. The zero-order chi connectivity index (χ0) is 17.4. The Kier molecular flexibility index (Phi) is 12.4. The molecule has 0 aliphatic rings. The van der Waals surface area contributed by atoms with E-state index in [-0.39, 0.29) is 30.9 Å². The summed E-state index contributed by atoms with van der Waals surface area (Å²) in [5.41, 5.74) is 2.00. The molecule has 0 spiro atoms. The van der Waals surface area contributed by atoms with Crippen LogP contribution in [0.25, 0.3) is 0 Å². The third-order valence-electron chi connectivity index (χ3n) is 3.26. The van der Waals surface area contributed by atoms with Crippen molar-refractivity contribution in [1.29, 1.82) is 0 Å². The van der Waals surface area contributed by atoms with Gasteiger partial charge in [0, 0.05) is 24.8 Å². The summed E-state index contributed by atoms with van der Waals surface area (Å²) in [6, 6.07) is 9.44. The monoisotopic (exact) mass is 422 g/mol. The minimum Gasteiger partial charge on any atom is -0.490 e. The van der Waals surface area contributed by atoms with E-state index >= 15 is 0 Å². The Labute approximate surface area is 171 Å². The van der Waals surface area contributed by atoms with Gasteiger partial charge in [0.1, 0.15) is 11.8 Å². The molecule has 0 fully saturated rings. The first-order valence-electron chi connectivity index (χ1n) is 7.96. The molecular formula is C18H25Cl3N2O3. The number of benzene rings is 1. The molecule has 26 heavy (non-hydrogen) atoms. The van der Waals surface area contributed by atoms with Crippen LogP contribution in [0.15, 0.2) is 36.5 Å². The summed E-state index contributed by atoms with van der Waals surface area (Å²) < 4.78 is 11.5. The molecule has 5 nitrogen and oxygen atoms in total. The standard InChI is InChI=1S/C18H23ClN2O3.2ClH/c1-3-23-17-8-14(10-20-9-13(2)22)4-6-16(17)24-12-15-5-7-18(19)21-11-15;;/h4-8,11,13,20,22H,3,9-10,12H2,1-2H3;2*1H. The van der Waals surface area contributed by atoms with E-state index in [4.69, 9.17) is 21.1 Å². The lowest BCUT2D eigenvalue weighted by Crippen LogP contribution is -2.23. The zero-order valence-corrected chi connectivity index (χ0v) is 17.2. The van der Waals surface area contributed by atoms with E-state index in [9.17, 15) is 5.11 Å². The minimum atomic E-state index is -0.369. The van der Waals surface area contributed by atoms with Crippen molar-refractivity contribution in [1.82, 2.24) is 10.3 Å². The molecule has 1 heterocycles. The van der Waals surface area contributed by atoms with Crippen LogP contribution in [0.3, 0.4) is 0 Å². The number of halogens is 3. The van der Waals surface area contributed by atoms with Crippen molar-refractivity contribution in [2.75, 3.05) is 13.2 Å². The highest BCUT2D eigenvalue weighted by Crippen LogP contribution is 2.29. The van der Waals surface area contributed by atoms with Gasteiger partial charge in [-0.25, -0.2) is 4.98 Å². The second-order valence-electron chi connectivity index (χ2n) is 5.47. The fourth-order valence-corrected chi connectivity index (χ4v) is 2.24. The largest absolute Gasteiger partial charge is 0.490 e. The first kappa shape index (κ1) is 24.8. The highest BCUT2D eigenvalue weighted by Gasteiger charge is 2.08. The highest BCUT2D eigenvalue weighted by molar-refractivity contribution is 6.29. The van der Waals surface area contributed by atoms with Crippen LogP contribution < -0.4 is 14.8 Å². The Bertz CT molecular complexity index is 640. The first-order valence-corrected chi connectivity index (χ1v) is 8.34. The highest BCUT2D eigenvalue weighted by atomic mass is 35.5. The quantitative estimate of drug-likeness (QED) is 0.596. The fourth-order valence-electron chi connectivity index (χ4n) is 2.13. The summed E-state index contributed by atoms with van der Waals surface area (Å²) in [7, 11) is 0. The lowest BCUT2D eigenvalue weighted by Gasteiger charge is -2.14. The van der Waals surface area contributed by atoms with Gasteiger partial charge in [0.25, 0.3) is 0 Å². The van der Waals surface area contributed by atoms with Gasteiger partial charge in [-0.15, -0.1) is 24.8 Å². The molecule has 1 aromatic carbocycles. The molecular weight excluding hydrogens is 399 g/mol. The molecule has 0 saturated carbocycles. The lowest BCUT2D eigenvalue weighted by atomic mass is 10.2. The number of aliphatic hydroxyl groups is 1. The predicted molar refractivity (Wildman–Crippen MR) is 109 cm³/mol. The summed E-state index contributed by atoms with van der Waals surface area (Å²) >= 11 is 5.78. The zero-order valence-electron chi connectivity index (χ0n) is 14.8. The first-order chi connectivity index (χ1) is 11.6. The second kappa shape index (κ2) is 13.0. The van der Waals surface area contributed by atoms with Crippen LogP contribution in [0.4, 0.5) is 0 Å². The molecule has 8 heteroatoms. The van der Waals surface area contributed by atoms with Crippen LogP contribution >= 0.6 is 36.4 Å². The lowest BCUT2D eigenvalue weighted by molar-refractivity contribution is 0.191. The van der Waals surface area contributed by atoms with Gasteiger partial charge < -0.3 is 19.9 Å². The van der Waals surface area contributed by atoms with Crippen molar-refractivity contribution in [3.63, 3.8) is 0 Å². The molecule has 1 unspecified atom stereocenters. The Morgan fingerprint density at radius 1 is 1.12 bits per heavy atom. The summed E-state index contributed by atoms with van der Waals surface area (Å²) in [6.45, 7) is 5.85. The normalized spacial score (nSPS) is 11.1. The Morgan fingerprint density at radius 2 is 1.85 bits per heavy atom. The number of nitrogens with one attached hydrogen (secondary N) is 1. The molecule has 2 aromatic rings. The van der Waals surface area contributed by atoms with Gasteiger partial charge in [-0.3, -0.25) is 0 Å². The smallest absolute Gasteiger partial charge is 0.161 e. The number of pyridine rings is 1. The third-order valence-corrected chi connectivity index (χ3v) is 3.48. The minimum absolute atomic E-state index is 0. The Hall–Kier alpha value is -1.24. The van der Waals surface area contributed by atoms with Gasteiger partial charge in [-0.05, 0) is 37.6 Å². The number of nitrogens with zero attached hydrogens (tertiary/aromatic N) is 1. The molecule has 0 bridgehead atoms. The molecule has 0 radical (unpaired) electrons. The van der Waals surface area contributed by atoms with Crippen molar-refractivity contribution in [3.8, 4) is 11.5 Å². The summed E-state index contributed by atoms with van der Waals surface area (Å²) in [5.74, 6) is 1.39. The van der Waals surface area contributed by atoms with E-state index in [1.54, 1.807) is 19.2 Å². The Morgan fingerprint density at radius 3 is 2.46 bits per heavy atom. The number of hydrogen-bond donors (Lipinski definition) is 2. The Balaban J connectivity index is 0.00000312. The van der Waals surface area contributed by atoms with Crippen LogP contribution in [-0.4, -0.2) is 29.3 Å². The molecule has 0 aliphatic heterocycles. The van der Waals surface area contributed by atoms with E-state index in [2.05, 4.69) is 10.3 Å². The van der Waals surface area contributed by atoms with Gasteiger partial charge in [-0.1, -0.05) is 23.7 Å². The van der Waals surface area contributed by atoms with Crippen LogP contribution in [0.5, 0.6) is 11.5 Å². The number of rotatable bonds is 9. The van der Waals surface area contributed by atoms with Crippen molar-refractivity contribution in [2.45, 2.75) is 33.1 Å². The summed E-state index contributed by atoms with van der Waals surface area (Å²) in [4.78, 5) is 4.04. The van der Waals surface area contributed by atoms with Crippen molar-refractivity contribution >= 4 is 36.4 Å².